The third-order valence-corrected chi connectivity index (χ3v) is 5.55. The Balaban J connectivity index is 2.51. The zero-order valence-electron chi connectivity index (χ0n) is 16.4. The summed E-state index contributed by atoms with van der Waals surface area (Å²) in [4.78, 5) is 44.3. The smallest absolute Gasteiger partial charge is 0.332 e. The van der Waals surface area contributed by atoms with Gasteiger partial charge in [-0.2, -0.15) is 0 Å². The molecule has 0 N–H and O–H groups in total. The van der Waals surface area contributed by atoms with Gasteiger partial charge in [-0.3, -0.25) is 18.7 Å². The number of carbonyl (C=O) groups excluding carboxylic acids is 1. The van der Waals surface area contributed by atoms with E-state index in [2.05, 4.69) is 4.98 Å². The molecule has 2 aromatic rings. The third-order valence-electron chi connectivity index (χ3n) is 4.34. The molecular formula is C18H26N4O3S. The minimum Gasteiger partial charge on any atom is -0.337 e. The summed E-state index contributed by atoms with van der Waals surface area (Å²) in [5.74, 6) is 0.244. The second-order valence-electron chi connectivity index (χ2n) is 6.95. The first-order chi connectivity index (χ1) is 12.1. The van der Waals surface area contributed by atoms with Crippen molar-refractivity contribution in [3.63, 3.8) is 0 Å². The maximum atomic E-state index is 12.7. The maximum absolute atomic E-state index is 12.7. The van der Waals surface area contributed by atoms with Gasteiger partial charge < -0.3 is 4.90 Å². The number of aromatic nitrogens is 3. The van der Waals surface area contributed by atoms with Crippen LogP contribution in [-0.2, 0) is 18.9 Å². The molecule has 1 amide bonds. The number of aryl methyl sites for hydroxylation is 2. The number of carbonyl (C=O) groups is 1. The van der Waals surface area contributed by atoms with Crippen LogP contribution in [0.4, 0.5) is 0 Å². The second kappa shape index (κ2) is 7.65. The molecule has 0 fully saturated rings. The van der Waals surface area contributed by atoms with Crippen molar-refractivity contribution in [3.8, 4) is 0 Å². The molecule has 0 aliphatic rings. The molecule has 142 valence electrons. The highest BCUT2D eigenvalue weighted by Crippen LogP contribution is 2.28. The monoisotopic (exact) mass is 378 g/mol. The molecule has 2 rings (SSSR count). The molecule has 26 heavy (non-hydrogen) atoms. The molecule has 2 aromatic heterocycles. The van der Waals surface area contributed by atoms with Crippen molar-refractivity contribution in [1.29, 1.82) is 0 Å². The predicted octanol–water partition coefficient (Wildman–Crippen LogP) is 1.68. The fourth-order valence-corrected chi connectivity index (χ4v) is 4.18. The lowest BCUT2D eigenvalue weighted by molar-refractivity contribution is -0.131. The standard InChI is InChI=1S/C18H26N4O3S/c1-10(2)22(11(3)4)13(23)9-26-15-12(5)8-19-16-14(15)17(24)21(7)18(25)20(16)6/h8,10-11H,9H2,1-7H3. The molecule has 0 atom stereocenters. The number of fused-ring (bicyclic) bond motifs is 1. The van der Waals surface area contributed by atoms with Crippen molar-refractivity contribution in [1.82, 2.24) is 19.0 Å². The highest BCUT2D eigenvalue weighted by Gasteiger charge is 2.22. The summed E-state index contributed by atoms with van der Waals surface area (Å²) >= 11 is 1.33. The van der Waals surface area contributed by atoms with Crippen LogP contribution in [0.5, 0.6) is 0 Å². The average Bonchev–Trinajstić information content (AvgIpc) is 2.56. The van der Waals surface area contributed by atoms with Crippen LogP contribution in [-0.4, -0.2) is 42.8 Å². The van der Waals surface area contributed by atoms with E-state index in [0.717, 1.165) is 10.1 Å². The summed E-state index contributed by atoms with van der Waals surface area (Å²) < 4.78 is 2.43. The van der Waals surface area contributed by atoms with Gasteiger partial charge in [0, 0.05) is 37.3 Å². The second-order valence-corrected chi connectivity index (χ2v) is 7.94. The van der Waals surface area contributed by atoms with Crippen molar-refractivity contribution in [2.75, 3.05) is 5.75 Å². The van der Waals surface area contributed by atoms with Crippen LogP contribution < -0.4 is 11.2 Å². The van der Waals surface area contributed by atoms with Crippen molar-refractivity contribution < 1.29 is 4.79 Å². The lowest BCUT2D eigenvalue weighted by Crippen LogP contribution is -2.43. The first kappa shape index (κ1) is 20.2. The summed E-state index contributed by atoms with van der Waals surface area (Å²) in [6, 6.07) is 0.208. The molecule has 0 aliphatic carbocycles. The van der Waals surface area contributed by atoms with E-state index in [4.69, 9.17) is 0 Å². The Hall–Kier alpha value is -2.09. The predicted molar refractivity (Wildman–Crippen MR) is 105 cm³/mol. The van der Waals surface area contributed by atoms with Crippen LogP contribution in [0.1, 0.15) is 33.3 Å². The number of hydrogen-bond acceptors (Lipinski definition) is 5. The van der Waals surface area contributed by atoms with E-state index < -0.39 is 5.69 Å². The van der Waals surface area contributed by atoms with Crippen LogP contribution in [0.15, 0.2) is 20.7 Å². The molecule has 0 spiro atoms. The molecule has 0 unspecified atom stereocenters. The average molecular weight is 378 g/mol. The molecule has 0 saturated heterocycles. The van der Waals surface area contributed by atoms with Gasteiger partial charge in [0.2, 0.25) is 5.91 Å². The Labute approximate surface area is 157 Å². The largest absolute Gasteiger partial charge is 0.337 e. The van der Waals surface area contributed by atoms with Gasteiger partial charge in [-0.25, -0.2) is 9.78 Å². The Morgan fingerprint density at radius 3 is 2.27 bits per heavy atom. The molecule has 0 aromatic carbocycles. The first-order valence-electron chi connectivity index (χ1n) is 8.57. The fourth-order valence-electron chi connectivity index (χ4n) is 3.16. The van der Waals surface area contributed by atoms with Gasteiger partial charge in [0.25, 0.3) is 5.56 Å². The van der Waals surface area contributed by atoms with Crippen LogP contribution in [0, 0.1) is 6.92 Å². The van der Waals surface area contributed by atoms with E-state index in [1.807, 2.05) is 39.5 Å². The van der Waals surface area contributed by atoms with Gasteiger partial charge >= 0.3 is 5.69 Å². The summed E-state index contributed by atoms with van der Waals surface area (Å²) in [6.07, 6.45) is 1.64. The molecule has 8 heteroatoms. The van der Waals surface area contributed by atoms with Crippen LogP contribution >= 0.6 is 11.8 Å². The first-order valence-corrected chi connectivity index (χ1v) is 9.55. The summed E-state index contributed by atoms with van der Waals surface area (Å²) in [5.41, 5.74) is 0.338. The van der Waals surface area contributed by atoms with Gasteiger partial charge in [-0.1, -0.05) is 0 Å². The lowest BCUT2D eigenvalue weighted by Gasteiger charge is -2.30. The van der Waals surface area contributed by atoms with E-state index in [-0.39, 0.29) is 29.3 Å². The van der Waals surface area contributed by atoms with Gasteiger partial charge in [0.05, 0.1) is 11.1 Å². The van der Waals surface area contributed by atoms with E-state index in [1.165, 1.54) is 23.4 Å². The molecule has 0 aliphatic heterocycles. The molecule has 7 nitrogen and oxygen atoms in total. The summed E-state index contributed by atoms with van der Waals surface area (Å²) in [5, 5.41) is 0.382. The van der Waals surface area contributed by atoms with Crippen molar-refractivity contribution in [2.45, 2.75) is 51.6 Å². The number of pyridine rings is 1. The van der Waals surface area contributed by atoms with Gasteiger partial charge in [-0.05, 0) is 40.2 Å². The zero-order valence-corrected chi connectivity index (χ0v) is 17.2. The fraction of sp³-hybridized carbons (Fsp3) is 0.556. The number of hydrogen-bond donors (Lipinski definition) is 0. The number of rotatable bonds is 5. The molecule has 0 bridgehead atoms. The molecule has 2 heterocycles. The van der Waals surface area contributed by atoms with Gasteiger partial charge in [0.15, 0.2) is 0 Å². The third kappa shape index (κ3) is 3.56. The topological polar surface area (TPSA) is 77.2 Å². The Kier molecular flexibility index (Phi) is 5.95. The minimum absolute atomic E-state index is 0.0195. The van der Waals surface area contributed by atoms with Crippen LogP contribution in [0.2, 0.25) is 0 Å². The summed E-state index contributed by atoms with van der Waals surface area (Å²) in [7, 11) is 3.04. The van der Waals surface area contributed by atoms with Crippen molar-refractivity contribution in [3.05, 3.63) is 32.6 Å². The molecule has 0 radical (unpaired) electrons. The van der Waals surface area contributed by atoms with Crippen molar-refractivity contribution >= 4 is 28.7 Å². The highest BCUT2D eigenvalue weighted by molar-refractivity contribution is 8.00. The minimum atomic E-state index is -0.420. The van der Waals surface area contributed by atoms with Crippen molar-refractivity contribution in [2.24, 2.45) is 14.1 Å². The molecular weight excluding hydrogens is 352 g/mol. The Morgan fingerprint density at radius 2 is 1.73 bits per heavy atom. The van der Waals surface area contributed by atoms with E-state index >= 15 is 0 Å². The van der Waals surface area contributed by atoms with Gasteiger partial charge in [-0.15, -0.1) is 11.8 Å². The van der Waals surface area contributed by atoms with Crippen LogP contribution in [0.3, 0.4) is 0 Å². The van der Waals surface area contributed by atoms with Crippen LogP contribution in [0.25, 0.3) is 11.0 Å². The quantitative estimate of drug-likeness (QED) is 0.740. The normalized spacial score (nSPS) is 11.6. The lowest BCUT2D eigenvalue weighted by atomic mass is 10.2. The Morgan fingerprint density at radius 1 is 1.15 bits per heavy atom. The van der Waals surface area contributed by atoms with E-state index in [1.54, 1.807) is 13.2 Å². The van der Waals surface area contributed by atoms with E-state index in [0.29, 0.717) is 15.9 Å². The zero-order chi connectivity index (χ0) is 19.8. The number of amides is 1. The maximum Gasteiger partial charge on any atom is 0.332 e. The summed E-state index contributed by atoms with van der Waals surface area (Å²) in [6.45, 7) is 9.80. The number of thioether (sulfide) groups is 1. The van der Waals surface area contributed by atoms with E-state index in [9.17, 15) is 14.4 Å². The highest BCUT2D eigenvalue weighted by atomic mass is 32.2. The number of nitrogens with zero attached hydrogens (tertiary/aromatic N) is 4. The van der Waals surface area contributed by atoms with Gasteiger partial charge in [0.1, 0.15) is 5.65 Å². The SMILES string of the molecule is Cc1cnc2c(c1SCC(=O)N(C(C)C)C(C)C)c(=O)n(C)c(=O)n2C. The Bertz CT molecular complexity index is 952. The molecule has 0 saturated carbocycles.